The van der Waals surface area contributed by atoms with Gasteiger partial charge in [0.15, 0.2) is 0 Å². The van der Waals surface area contributed by atoms with Crippen molar-refractivity contribution < 1.29 is 4.74 Å². The van der Waals surface area contributed by atoms with Crippen molar-refractivity contribution in [3.8, 4) is 5.75 Å². The summed E-state index contributed by atoms with van der Waals surface area (Å²) in [7, 11) is 1.70. The molecule has 0 aliphatic heterocycles. The van der Waals surface area contributed by atoms with Gasteiger partial charge in [-0.2, -0.15) is 0 Å². The zero-order valence-electron chi connectivity index (χ0n) is 13.0. The number of ether oxygens (including phenoxy) is 1. The van der Waals surface area contributed by atoms with E-state index >= 15 is 0 Å². The Morgan fingerprint density at radius 3 is 2.86 bits per heavy atom. The molecule has 2 aromatic rings. The summed E-state index contributed by atoms with van der Waals surface area (Å²) in [5.74, 6) is 3.35. The molecule has 0 saturated heterocycles. The molecule has 0 amide bonds. The van der Waals surface area contributed by atoms with Gasteiger partial charge in [-0.1, -0.05) is 19.8 Å². The average Bonchev–Trinajstić information content (AvgIpc) is 3.03. The van der Waals surface area contributed by atoms with Crippen LogP contribution in [0, 0.1) is 11.8 Å². The van der Waals surface area contributed by atoms with Gasteiger partial charge in [0.2, 0.25) is 0 Å². The molecule has 1 aliphatic rings. The van der Waals surface area contributed by atoms with E-state index in [0.29, 0.717) is 0 Å². The number of nitrogens with zero attached hydrogens (tertiary/aromatic N) is 2. The number of imidazole rings is 1. The SMILES string of the molecule is COc1ccc2nc(C(C)Cl)n(CC3CCCC3C)c2c1. The van der Waals surface area contributed by atoms with Crippen LogP contribution in [0.15, 0.2) is 18.2 Å². The lowest BCUT2D eigenvalue weighted by Gasteiger charge is -2.19. The van der Waals surface area contributed by atoms with E-state index in [-0.39, 0.29) is 5.38 Å². The Hall–Kier alpha value is -1.22. The van der Waals surface area contributed by atoms with Crippen LogP contribution in [0.5, 0.6) is 5.75 Å². The van der Waals surface area contributed by atoms with Gasteiger partial charge in [-0.3, -0.25) is 0 Å². The lowest BCUT2D eigenvalue weighted by atomic mass is 9.98. The smallest absolute Gasteiger partial charge is 0.127 e. The second-order valence-corrected chi connectivity index (χ2v) is 6.87. The highest BCUT2D eigenvalue weighted by molar-refractivity contribution is 6.20. The second kappa shape index (κ2) is 5.88. The molecule has 1 fully saturated rings. The summed E-state index contributed by atoms with van der Waals surface area (Å²) < 4.78 is 7.67. The van der Waals surface area contributed by atoms with E-state index in [1.165, 1.54) is 19.3 Å². The summed E-state index contributed by atoms with van der Waals surface area (Å²) in [4.78, 5) is 4.73. The summed E-state index contributed by atoms with van der Waals surface area (Å²) in [5, 5.41) is -0.0832. The van der Waals surface area contributed by atoms with Crippen LogP contribution in [0.25, 0.3) is 11.0 Å². The van der Waals surface area contributed by atoms with Crippen molar-refractivity contribution in [2.75, 3.05) is 7.11 Å². The van der Waals surface area contributed by atoms with Gasteiger partial charge in [-0.15, -0.1) is 11.6 Å². The molecule has 21 heavy (non-hydrogen) atoms. The quantitative estimate of drug-likeness (QED) is 0.760. The van der Waals surface area contributed by atoms with Gasteiger partial charge >= 0.3 is 0 Å². The summed E-state index contributed by atoms with van der Waals surface area (Å²) in [6.45, 7) is 5.37. The van der Waals surface area contributed by atoms with E-state index in [1.54, 1.807) is 7.11 Å². The van der Waals surface area contributed by atoms with E-state index in [0.717, 1.165) is 41.0 Å². The number of aromatic nitrogens is 2. The number of fused-ring (bicyclic) bond motifs is 1. The Morgan fingerprint density at radius 2 is 2.24 bits per heavy atom. The first kappa shape index (κ1) is 14.7. The van der Waals surface area contributed by atoms with Gasteiger partial charge in [0.1, 0.15) is 11.6 Å². The maximum absolute atomic E-state index is 6.36. The molecule has 3 unspecified atom stereocenters. The lowest BCUT2D eigenvalue weighted by Crippen LogP contribution is -2.15. The standard InChI is InChI=1S/C17H23ClN2O/c1-11-5-4-6-13(11)10-20-16-9-14(21-3)7-8-15(16)19-17(20)12(2)18/h7-9,11-13H,4-6,10H2,1-3H3. The Bertz CT molecular complexity index is 635. The van der Waals surface area contributed by atoms with Crippen LogP contribution in [-0.4, -0.2) is 16.7 Å². The minimum absolute atomic E-state index is 0.0832. The van der Waals surface area contributed by atoms with Crippen molar-refractivity contribution in [2.45, 2.75) is 45.0 Å². The first-order valence-corrected chi connectivity index (χ1v) is 8.22. The summed E-state index contributed by atoms with van der Waals surface area (Å²) in [6, 6.07) is 6.05. The van der Waals surface area contributed by atoms with E-state index in [4.69, 9.17) is 21.3 Å². The number of hydrogen-bond donors (Lipinski definition) is 0. The van der Waals surface area contributed by atoms with Crippen LogP contribution in [0.4, 0.5) is 0 Å². The Balaban J connectivity index is 2.05. The molecule has 3 rings (SSSR count). The Labute approximate surface area is 131 Å². The normalized spacial score (nSPS) is 23.6. The molecule has 1 saturated carbocycles. The van der Waals surface area contributed by atoms with Crippen LogP contribution in [0.3, 0.4) is 0 Å². The first-order valence-electron chi connectivity index (χ1n) is 7.78. The molecule has 0 spiro atoms. The highest BCUT2D eigenvalue weighted by atomic mass is 35.5. The van der Waals surface area contributed by atoms with E-state index in [2.05, 4.69) is 17.6 Å². The van der Waals surface area contributed by atoms with Gasteiger partial charge in [-0.05, 0) is 37.3 Å². The lowest BCUT2D eigenvalue weighted by molar-refractivity contribution is 0.363. The number of hydrogen-bond acceptors (Lipinski definition) is 2. The summed E-state index contributed by atoms with van der Waals surface area (Å²) in [6.07, 6.45) is 3.99. The Kier molecular flexibility index (Phi) is 4.12. The molecule has 114 valence electrons. The van der Waals surface area contributed by atoms with Crippen molar-refractivity contribution in [3.05, 3.63) is 24.0 Å². The fourth-order valence-corrected chi connectivity index (χ4v) is 3.64. The first-order chi connectivity index (χ1) is 10.1. The van der Waals surface area contributed by atoms with Gasteiger partial charge < -0.3 is 9.30 Å². The molecule has 0 bridgehead atoms. The predicted octanol–water partition coefficient (Wildman–Crippen LogP) is 4.78. The minimum Gasteiger partial charge on any atom is -0.497 e. The maximum atomic E-state index is 6.36. The number of rotatable bonds is 4. The number of alkyl halides is 1. The molecule has 4 heteroatoms. The average molecular weight is 307 g/mol. The fourth-order valence-electron chi connectivity index (χ4n) is 3.47. The summed E-state index contributed by atoms with van der Waals surface area (Å²) in [5.41, 5.74) is 2.14. The molecular weight excluding hydrogens is 284 g/mol. The van der Waals surface area contributed by atoms with Gasteiger partial charge in [0.25, 0.3) is 0 Å². The molecular formula is C17H23ClN2O. The van der Waals surface area contributed by atoms with Gasteiger partial charge in [0, 0.05) is 12.6 Å². The van der Waals surface area contributed by atoms with E-state index in [1.807, 2.05) is 19.1 Å². The highest BCUT2D eigenvalue weighted by Crippen LogP contribution is 2.35. The van der Waals surface area contributed by atoms with Crippen LogP contribution < -0.4 is 4.74 Å². The fraction of sp³-hybridized carbons (Fsp3) is 0.588. The largest absolute Gasteiger partial charge is 0.497 e. The molecule has 1 aromatic heterocycles. The molecule has 1 heterocycles. The van der Waals surface area contributed by atoms with Crippen molar-refractivity contribution >= 4 is 22.6 Å². The third kappa shape index (κ3) is 2.76. The maximum Gasteiger partial charge on any atom is 0.127 e. The van der Waals surface area contributed by atoms with Crippen molar-refractivity contribution in [1.82, 2.24) is 9.55 Å². The molecule has 1 aliphatic carbocycles. The van der Waals surface area contributed by atoms with Crippen LogP contribution in [-0.2, 0) is 6.54 Å². The van der Waals surface area contributed by atoms with E-state index < -0.39 is 0 Å². The third-order valence-corrected chi connectivity index (χ3v) is 4.99. The molecule has 1 aromatic carbocycles. The van der Waals surface area contributed by atoms with Crippen LogP contribution >= 0.6 is 11.6 Å². The van der Waals surface area contributed by atoms with Crippen molar-refractivity contribution in [2.24, 2.45) is 11.8 Å². The van der Waals surface area contributed by atoms with Crippen molar-refractivity contribution in [3.63, 3.8) is 0 Å². The summed E-state index contributed by atoms with van der Waals surface area (Å²) >= 11 is 6.36. The van der Waals surface area contributed by atoms with Crippen LogP contribution in [0.1, 0.15) is 44.3 Å². The Morgan fingerprint density at radius 1 is 1.43 bits per heavy atom. The predicted molar refractivity (Wildman–Crippen MR) is 87.1 cm³/mol. The number of halogens is 1. The molecule has 3 atom stereocenters. The number of methoxy groups -OCH3 is 1. The van der Waals surface area contributed by atoms with Gasteiger partial charge in [0.05, 0.1) is 23.5 Å². The van der Waals surface area contributed by atoms with Crippen molar-refractivity contribution in [1.29, 1.82) is 0 Å². The third-order valence-electron chi connectivity index (χ3n) is 4.80. The number of benzene rings is 1. The van der Waals surface area contributed by atoms with E-state index in [9.17, 15) is 0 Å². The second-order valence-electron chi connectivity index (χ2n) is 6.22. The van der Waals surface area contributed by atoms with Gasteiger partial charge in [-0.25, -0.2) is 4.98 Å². The zero-order valence-corrected chi connectivity index (χ0v) is 13.7. The zero-order chi connectivity index (χ0) is 15.0. The molecule has 0 N–H and O–H groups in total. The minimum atomic E-state index is -0.0832. The highest BCUT2D eigenvalue weighted by Gasteiger charge is 2.26. The topological polar surface area (TPSA) is 27.1 Å². The van der Waals surface area contributed by atoms with Crippen LogP contribution in [0.2, 0.25) is 0 Å². The monoisotopic (exact) mass is 306 g/mol. The molecule has 0 radical (unpaired) electrons. The molecule has 3 nitrogen and oxygen atoms in total.